The molecule has 2 nitrogen and oxygen atoms in total. The molecule has 1 fully saturated rings. The Morgan fingerprint density at radius 3 is 2.47 bits per heavy atom. The first-order chi connectivity index (χ1) is 7.92. The van der Waals surface area contributed by atoms with Crippen molar-refractivity contribution in [3.8, 4) is 0 Å². The van der Waals surface area contributed by atoms with E-state index < -0.39 is 0 Å². The van der Waals surface area contributed by atoms with E-state index in [-0.39, 0.29) is 11.5 Å². The highest BCUT2D eigenvalue weighted by molar-refractivity contribution is 4.81. The number of aliphatic hydroxyl groups excluding tert-OH is 1. The monoisotopic (exact) mass is 241 g/mol. The van der Waals surface area contributed by atoms with Crippen molar-refractivity contribution in [3.63, 3.8) is 0 Å². The predicted octanol–water partition coefficient (Wildman–Crippen LogP) is 3.34. The zero-order chi connectivity index (χ0) is 12.9. The van der Waals surface area contributed by atoms with Gasteiger partial charge in [-0.2, -0.15) is 0 Å². The van der Waals surface area contributed by atoms with Gasteiger partial charge in [0, 0.05) is 12.6 Å². The minimum atomic E-state index is -0.200. The molecule has 0 radical (unpaired) electrons. The summed E-state index contributed by atoms with van der Waals surface area (Å²) in [6.07, 6.45) is 7.35. The summed E-state index contributed by atoms with van der Waals surface area (Å²) in [4.78, 5) is 0. The summed E-state index contributed by atoms with van der Waals surface area (Å²) in [5.74, 6) is 0.825. The zero-order valence-corrected chi connectivity index (χ0v) is 12.1. The molecule has 102 valence electrons. The summed E-state index contributed by atoms with van der Waals surface area (Å²) in [5.41, 5.74) is 0.220. The van der Waals surface area contributed by atoms with Gasteiger partial charge in [-0.25, -0.2) is 0 Å². The van der Waals surface area contributed by atoms with Gasteiger partial charge in [-0.1, -0.05) is 47.0 Å². The number of aliphatic hydroxyl groups is 1. The standard InChI is InChI=1S/C15H31NO/c1-5-12-8-6-7-9-14(12)16-11-13(17)10-15(2,3)4/h12-14,16-17H,5-11H2,1-4H3. The van der Waals surface area contributed by atoms with E-state index in [1.165, 1.54) is 32.1 Å². The molecule has 0 aromatic rings. The maximum absolute atomic E-state index is 10.0. The first-order valence-corrected chi connectivity index (χ1v) is 7.34. The van der Waals surface area contributed by atoms with Gasteiger partial charge in [0.15, 0.2) is 0 Å². The Balaban J connectivity index is 2.28. The van der Waals surface area contributed by atoms with Crippen molar-refractivity contribution < 1.29 is 5.11 Å². The fourth-order valence-electron chi connectivity index (χ4n) is 3.03. The Morgan fingerprint density at radius 1 is 1.24 bits per heavy atom. The fourth-order valence-corrected chi connectivity index (χ4v) is 3.03. The van der Waals surface area contributed by atoms with Crippen LogP contribution in [0.25, 0.3) is 0 Å². The summed E-state index contributed by atoms with van der Waals surface area (Å²) >= 11 is 0. The van der Waals surface area contributed by atoms with Crippen LogP contribution in [0.5, 0.6) is 0 Å². The SMILES string of the molecule is CCC1CCCCC1NCC(O)CC(C)(C)C. The molecule has 0 heterocycles. The van der Waals surface area contributed by atoms with E-state index in [4.69, 9.17) is 0 Å². The molecule has 2 heteroatoms. The molecule has 3 atom stereocenters. The maximum atomic E-state index is 10.0. The molecule has 17 heavy (non-hydrogen) atoms. The van der Waals surface area contributed by atoms with Crippen LogP contribution in [0, 0.1) is 11.3 Å². The zero-order valence-electron chi connectivity index (χ0n) is 12.1. The fraction of sp³-hybridized carbons (Fsp3) is 1.00. The average Bonchev–Trinajstić information content (AvgIpc) is 2.24. The average molecular weight is 241 g/mol. The highest BCUT2D eigenvalue weighted by atomic mass is 16.3. The van der Waals surface area contributed by atoms with Crippen LogP contribution < -0.4 is 5.32 Å². The van der Waals surface area contributed by atoms with Gasteiger partial charge in [-0.05, 0) is 30.6 Å². The lowest BCUT2D eigenvalue weighted by atomic mass is 9.82. The molecule has 1 aliphatic rings. The van der Waals surface area contributed by atoms with E-state index in [1.54, 1.807) is 0 Å². The number of hydrogen-bond donors (Lipinski definition) is 2. The van der Waals surface area contributed by atoms with Crippen molar-refractivity contribution >= 4 is 0 Å². The molecule has 3 unspecified atom stereocenters. The third-order valence-electron chi connectivity index (χ3n) is 3.90. The maximum Gasteiger partial charge on any atom is 0.0669 e. The molecule has 1 aliphatic carbocycles. The van der Waals surface area contributed by atoms with Crippen LogP contribution in [0.2, 0.25) is 0 Å². The Hall–Kier alpha value is -0.0800. The molecular formula is C15H31NO. The largest absolute Gasteiger partial charge is 0.392 e. The summed E-state index contributed by atoms with van der Waals surface area (Å²) in [6.45, 7) is 9.61. The first kappa shape index (κ1) is 15.0. The van der Waals surface area contributed by atoms with Crippen molar-refractivity contribution in [3.05, 3.63) is 0 Å². The van der Waals surface area contributed by atoms with E-state index in [1.807, 2.05) is 0 Å². The third-order valence-corrected chi connectivity index (χ3v) is 3.90. The van der Waals surface area contributed by atoms with E-state index >= 15 is 0 Å². The Labute approximate surface area is 107 Å². The highest BCUT2D eigenvalue weighted by Gasteiger charge is 2.24. The van der Waals surface area contributed by atoms with Gasteiger partial charge in [0.05, 0.1) is 6.10 Å². The van der Waals surface area contributed by atoms with Crippen molar-refractivity contribution in [1.82, 2.24) is 5.32 Å². The Morgan fingerprint density at radius 2 is 1.88 bits per heavy atom. The van der Waals surface area contributed by atoms with Gasteiger partial charge in [0.25, 0.3) is 0 Å². The second kappa shape index (κ2) is 6.75. The van der Waals surface area contributed by atoms with Crippen LogP contribution in [0.15, 0.2) is 0 Å². The predicted molar refractivity (Wildman–Crippen MR) is 74.1 cm³/mol. The number of nitrogens with one attached hydrogen (secondary N) is 1. The van der Waals surface area contributed by atoms with Gasteiger partial charge in [-0.15, -0.1) is 0 Å². The van der Waals surface area contributed by atoms with E-state index in [9.17, 15) is 5.11 Å². The van der Waals surface area contributed by atoms with Gasteiger partial charge in [0.2, 0.25) is 0 Å². The number of rotatable bonds is 5. The second-order valence-corrected chi connectivity index (χ2v) is 6.89. The molecule has 2 N–H and O–H groups in total. The van der Waals surface area contributed by atoms with Gasteiger partial charge >= 0.3 is 0 Å². The van der Waals surface area contributed by atoms with E-state index in [2.05, 4.69) is 33.0 Å². The minimum absolute atomic E-state index is 0.200. The van der Waals surface area contributed by atoms with Crippen LogP contribution in [0.1, 0.15) is 66.2 Å². The third kappa shape index (κ3) is 5.87. The van der Waals surface area contributed by atoms with Crippen LogP contribution in [-0.2, 0) is 0 Å². The minimum Gasteiger partial charge on any atom is -0.392 e. The normalized spacial score (nSPS) is 28.1. The van der Waals surface area contributed by atoms with Gasteiger partial charge in [0.1, 0.15) is 0 Å². The summed E-state index contributed by atoms with van der Waals surface area (Å²) in [6, 6.07) is 0.642. The smallest absolute Gasteiger partial charge is 0.0669 e. The molecule has 0 amide bonds. The topological polar surface area (TPSA) is 32.3 Å². The van der Waals surface area contributed by atoms with Crippen LogP contribution in [0.4, 0.5) is 0 Å². The van der Waals surface area contributed by atoms with Crippen molar-refractivity contribution in [1.29, 1.82) is 0 Å². The first-order valence-electron chi connectivity index (χ1n) is 7.34. The van der Waals surface area contributed by atoms with Crippen molar-refractivity contribution in [2.75, 3.05) is 6.54 Å². The lowest BCUT2D eigenvalue weighted by Gasteiger charge is -2.33. The molecule has 0 bridgehead atoms. The summed E-state index contributed by atoms with van der Waals surface area (Å²) < 4.78 is 0. The summed E-state index contributed by atoms with van der Waals surface area (Å²) in [5, 5.41) is 13.6. The highest BCUT2D eigenvalue weighted by Crippen LogP contribution is 2.27. The van der Waals surface area contributed by atoms with Gasteiger partial charge in [-0.3, -0.25) is 0 Å². The molecule has 0 aromatic carbocycles. The van der Waals surface area contributed by atoms with Crippen LogP contribution in [0.3, 0.4) is 0 Å². The van der Waals surface area contributed by atoms with Crippen LogP contribution >= 0.6 is 0 Å². The molecular weight excluding hydrogens is 210 g/mol. The Kier molecular flexibility index (Phi) is 5.94. The van der Waals surface area contributed by atoms with Gasteiger partial charge < -0.3 is 10.4 Å². The molecule has 0 aromatic heterocycles. The Bertz CT molecular complexity index is 209. The van der Waals surface area contributed by atoms with Crippen LogP contribution in [-0.4, -0.2) is 23.8 Å². The molecule has 1 saturated carbocycles. The lowest BCUT2D eigenvalue weighted by Crippen LogP contribution is -2.42. The molecule has 0 spiro atoms. The van der Waals surface area contributed by atoms with E-state index in [0.717, 1.165) is 18.9 Å². The molecule has 1 rings (SSSR count). The second-order valence-electron chi connectivity index (χ2n) is 6.89. The molecule has 0 aliphatic heterocycles. The van der Waals surface area contributed by atoms with Crippen molar-refractivity contribution in [2.24, 2.45) is 11.3 Å². The molecule has 0 saturated heterocycles. The quantitative estimate of drug-likeness (QED) is 0.773. The summed E-state index contributed by atoms with van der Waals surface area (Å²) in [7, 11) is 0. The van der Waals surface area contributed by atoms with E-state index in [0.29, 0.717) is 6.04 Å². The number of hydrogen-bond acceptors (Lipinski definition) is 2. The lowest BCUT2D eigenvalue weighted by molar-refractivity contribution is 0.109. The van der Waals surface area contributed by atoms with Crippen molar-refractivity contribution in [2.45, 2.75) is 78.4 Å².